The second-order valence-corrected chi connectivity index (χ2v) is 21.7. The van der Waals surface area contributed by atoms with Crippen LogP contribution in [0.15, 0.2) is 91.0 Å². The number of rotatable bonds is 17. The van der Waals surface area contributed by atoms with Crippen molar-refractivity contribution in [3.8, 4) is 33.8 Å². The largest absolute Gasteiger partial charge is 0.496 e. The Morgan fingerprint density at radius 3 is 1.31 bits per heavy atom. The van der Waals surface area contributed by atoms with Crippen LogP contribution in [0, 0.1) is 5.82 Å². The van der Waals surface area contributed by atoms with Crippen molar-refractivity contribution in [2.75, 3.05) is 50.2 Å². The van der Waals surface area contributed by atoms with E-state index in [0.717, 1.165) is 36.9 Å². The van der Waals surface area contributed by atoms with Gasteiger partial charge in [0.15, 0.2) is 0 Å². The van der Waals surface area contributed by atoms with E-state index in [0.29, 0.717) is 88.3 Å². The molecule has 4 aromatic carbocycles. The number of halogens is 13. The molecule has 2 N–H and O–H groups in total. The van der Waals surface area contributed by atoms with Gasteiger partial charge in [-0.25, -0.2) is 23.9 Å². The summed E-state index contributed by atoms with van der Waals surface area (Å²) in [6.45, 7) is 5.36. The van der Waals surface area contributed by atoms with Gasteiger partial charge in [-0.15, -0.1) is 0 Å². The van der Waals surface area contributed by atoms with Crippen LogP contribution >= 0.6 is 0 Å². The molecule has 0 bridgehead atoms. The Balaban J connectivity index is 0.000000214. The van der Waals surface area contributed by atoms with Crippen LogP contribution in [0.1, 0.15) is 101 Å². The van der Waals surface area contributed by atoms with Crippen molar-refractivity contribution in [1.82, 2.24) is 19.8 Å². The maximum atomic E-state index is 14.8. The lowest BCUT2D eigenvalue weighted by molar-refractivity contribution is -0.144. The highest BCUT2D eigenvalue weighted by Gasteiger charge is 2.46. The summed E-state index contributed by atoms with van der Waals surface area (Å²) in [5.74, 6) is -1.20. The molecule has 0 aliphatic carbocycles. The number of anilines is 2. The molecule has 6 heterocycles. The van der Waals surface area contributed by atoms with Crippen LogP contribution in [0.25, 0.3) is 22.3 Å². The monoisotopic (exact) mass is 1280 g/mol. The zero-order chi connectivity index (χ0) is 65.5. The molecule has 16 nitrogen and oxygen atoms in total. The summed E-state index contributed by atoms with van der Waals surface area (Å²) in [6.07, 6.45) is -24.0. The second kappa shape index (κ2) is 25.4. The Morgan fingerprint density at radius 1 is 0.544 bits per heavy atom. The lowest BCUT2D eigenvalue weighted by atomic mass is 9.96. The normalized spacial score (nSPS) is 18.5. The van der Waals surface area contributed by atoms with E-state index in [2.05, 4.69) is 0 Å². The number of ether oxygens (including phenoxy) is 4. The van der Waals surface area contributed by atoms with Crippen LogP contribution in [0.3, 0.4) is 0 Å². The standard InChI is InChI=1S/C31H28F7N3O5.C30H27F6N3O5/c1-16-28(18-10-19(30(33,34)35)13-20(11-18)31(36,37)38)46-29(44)41(16)15-24-21(5-6-26(39-24)40-8-3-9-40)22-12-17(4-7-27(42)43)23(32)14-25(22)45-2;1-16-27(18-12-19(29(31,32)33)14-20(13-18)30(34,35)36)44-28(42)39(16)15-23-21(5-7-25(37-23)38-8-3-9-38)22-10-17(11-26(40)41)4-6-24(22)43-2/h5-6,10-14,16,28H,3-4,7-9,15H2,1-2H3,(H,42,43);4-7,10,12-14,16,27H,3,8-9,11,15H2,1-2H3,(H,40,41)/t16-,28-;16-,27-/m00/s1. The Kier molecular flexibility index (Phi) is 18.5. The number of amides is 2. The van der Waals surface area contributed by atoms with Crippen LogP contribution in [0.2, 0.25) is 0 Å². The van der Waals surface area contributed by atoms with Crippen LogP contribution in [-0.2, 0) is 69.7 Å². The summed E-state index contributed by atoms with van der Waals surface area (Å²) in [5, 5.41) is 18.4. The number of hydrogen-bond donors (Lipinski definition) is 2. The number of benzene rings is 4. The van der Waals surface area contributed by atoms with Gasteiger partial charge in [-0.05, 0) is 134 Å². The molecule has 4 aliphatic rings. The molecular formula is C61H55F13N6O10. The Bertz CT molecular complexity index is 3660. The van der Waals surface area contributed by atoms with E-state index in [-0.39, 0.29) is 61.5 Å². The summed E-state index contributed by atoms with van der Waals surface area (Å²) in [7, 11) is 2.75. The van der Waals surface area contributed by atoms with Gasteiger partial charge in [0.25, 0.3) is 0 Å². The number of carboxylic acids is 2. The summed E-state index contributed by atoms with van der Waals surface area (Å²) in [4.78, 5) is 64.5. The van der Waals surface area contributed by atoms with Gasteiger partial charge in [-0.3, -0.25) is 19.4 Å². The van der Waals surface area contributed by atoms with Crippen LogP contribution < -0.4 is 19.3 Å². The van der Waals surface area contributed by atoms with Crippen molar-refractivity contribution in [2.24, 2.45) is 0 Å². The molecule has 0 saturated carbocycles. The van der Waals surface area contributed by atoms with Gasteiger partial charge in [0.05, 0.1) is 79.5 Å². The topological polar surface area (TPSA) is 184 Å². The number of carboxylic acid groups (broad SMARTS) is 2. The third-order valence-electron chi connectivity index (χ3n) is 15.8. The molecule has 0 unspecified atom stereocenters. The average molecular weight is 1280 g/mol. The smallest absolute Gasteiger partial charge is 0.416 e. The van der Waals surface area contributed by atoms with E-state index in [1.807, 2.05) is 9.80 Å². The zero-order valence-corrected chi connectivity index (χ0v) is 48.0. The number of aryl methyl sites for hydroxylation is 1. The molecule has 480 valence electrons. The third kappa shape index (κ3) is 14.3. The first-order valence-electron chi connectivity index (χ1n) is 27.7. The number of pyridine rings is 2. The molecule has 4 fully saturated rings. The molecular weight excluding hydrogens is 1220 g/mol. The van der Waals surface area contributed by atoms with Crippen molar-refractivity contribution in [1.29, 1.82) is 0 Å². The van der Waals surface area contributed by atoms with E-state index in [9.17, 15) is 81.4 Å². The highest BCUT2D eigenvalue weighted by Crippen LogP contribution is 2.46. The minimum absolute atomic E-state index is 0.000981. The number of methoxy groups -OCH3 is 2. The van der Waals surface area contributed by atoms with Crippen molar-refractivity contribution >= 4 is 35.8 Å². The molecule has 4 aliphatic heterocycles. The van der Waals surface area contributed by atoms with Crippen molar-refractivity contribution in [2.45, 2.75) is 108 Å². The van der Waals surface area contributed by atoms with E-state index in [1.165, 1.54) is 39.0 Å². The SMILES string of the molecule is COc1cc(F)c(CCC(=O)O)cc1-c1ccc(N2CCC2)nc1CN1C(=O)O[C@H](c2cc(C(F)(F)F)cc(C(F)(F)F)c2)[C@@H]1C.COc1ccc(CC(=O)O)cc1-c1ccc(N2CCC2)nc1CN1C(=O)O[C@H](c2cc(C(F)(F)F)cc(C(F)(F)F)c2)[C@@H]1C. The fourth-order valence-electron chi connectivity index (χ4n) is 10.7. The van der Waals surface area contributed by atoms with Crippen molar-refractivity contribution < 1.29 is 105 Å². The van der Waals surface area contributed by atoms with Gasteiger partial charge in [-0.2, -0.15) is 52.7 Å². The molecule has 0 radical (unpaired) electrons. The summed E-state index contributed by atoms with van der Waals surface area (Å²) in [5.41, 5.74) is -4.10. The molecule has 2 amide bonds. The van der Waals surface area contributed by atoms with Gasteiger partial charge in [0.2, 0.25) is 0 Å². The Hall–Kier alpha value is -9.05. The highest BCUT2D eigenvalue weighted by atomic mass is 19.4. The van der Waals surface area contributed by atoms with Crippen molar-refractivity contribution in [3.63, 3.8) is 0 Å². The van der Waals surface area contributed by atoms with Crippen LogP contribution in [0.5, 0.6) is 11.5 Å². The lowest BCUT2D eigenvalue weighted by Gasteiger charge is -2.33. The number of nitrogens with zero attached hydrogens (tertiary/aromatic N) is 6. The molecule has 10 rings (SSSR count). The predicted molar refractivity (Wildman–Crippen MR) is 295 cm³/mol. The van der Waals surface area contributed by atoms with Gasteiger partial charge in [-0.1, -0.05) is 6.07 Å². The van der Waals surface area contributed by atoms with E-state index >= 15 is 0 Å². The number of hydrogen-bond acceptors (Lipinski definition) is 12. The molecule has 0 spiro atoms. The first-order valence-corrected chi connectivity index (χ1v) is 27.7. The van der Waals surface area contributed by atoms with E-state index in [1.54, 1.807) is 42.5 Å². The minimum atomic E-state index is -5.09. The maximum Gasteiger partial charge on any atom is 0.416 e. The van der Waals surface area contributed by atoms with Gasteiger partial charge in [0.1, 0.15) is 41.2 Å². The first-order chi connectivity index (χ1) is 42.2. The zero-order valence-electron chi connectivity index (χ0n) is 48.0. The molecule has 29 heteroatoms. The predicted octanol–water partition coefficient (Wildman–Crippen LogP) is 14.0. The number of carbonyl (C=O) groups is 4. The molecule has 2 aromatic heterocycles. The van der Waals surface area contributed by atoms with Gasteiger partial charge < -0.3 is 39.0 Å². The van der Waals surface area contributed by atoms with Gasteiger partial charge >= 0.3 is 48.8 Å². The Morgan fingerprint density at radius 2 is 0.956 bits per heavy atom. The van der Waals surface area contributed by atoms with E-state index < -0.39 is 112 Å². The maximum absolute atomic E-state index is 14.8. The second-order valence-electron chi connectivity index (χ2n) is 21.7. The summed E-state index contributed by atoms with van der Waals surface area (Å²) in [6, 6.07) is 14.5. The number of cyclic esters (lactones) is 2. The highest BCUT2D eigenvalue weighted by molar-refractivity contribution is 5.79. The molecule has 90 heavy (non-hydrogen) atoms. The summed E-state index contributed by atoms with van der Waals surface area (Å²) < 4.78 is 199. The number of aliphatic carboxylic acids is 2. The molecule has 4 atom stereocenters. The Labute approximate surface area is 504 Å². The van der Waals surface area contributed by atoms with Gasteiger partial charge in [0, 0.05) is 60.9 Å². The molecule has 6 aromatic rings. The van der Waals surface area contributed by atoms with E-state index in [4.69, 9.17) is 34.0 Å². The number of carbonyl (C=O) groups excluding carboxylic acids is 2. The number of alkyl halides is 12. The van der Waals surface area contributed by atoms with Crippen LogP contribution in [-0.4, -0.2) is 107 Å². The lowest BCUT2D eigenvalue weighted by Crippen LogP contribution is -2.38. The molecule has 4 saturated heterocycles. The van der Waals surface area contributed by atoms with Crippen LogP contribution in [0.4, 0.5) is 78.3 Å². The summed E-state index contributed by atoms with van der Waals surface area (Å²) >= 11 is 0. The average Bonchev–Trinajstić information content (AvgIpc) is 1.42. The minimum Gasteiger partial charge on any atom is -0.496 e. The fourth-order valence-corrected chi connectivity index (χ4v) is 10.7. The number of aromatic nitrogens is 2. The first kappa shape index (κ1) is 65.4. The van der Waals surface area contributed by atoms with Crippen molar-refractivity contribution in [3.05, 3.63) is 153 Å². The third-order valence-corrected chi connectivity index (χ3v) is 15.8. The fraction of sp³-hybridized carbons (Fsp3) is 0.377. The quantitative estimate of drug-likeness (QED) is 0.0822.